The lowest BCUT2D eigenvalue weighted by atomic mass is 10.1. The molecule has 0 fully saturated rings. The van der Waals surface area contributed by atoms with Gasteiger partial charge in [0, 0.05) is 12.0 Å². The number of benzene rings is 2. The monoisotopic (exact) mass is 229 g/mol. The van der Waals surface area contributed by atoms with Crippen molar-refractivity contribution in [3.8, 4) is 11.1 Å². The van der Waals surface area contributed by atoms with Crippen LogP contribution in [0, 0.1) is 0 Å². The Labute approximate surface area is 94.4 Å². The quantitative estimate of drug-likeness (QED) is 0.651. The summed E-state index contributed by atoms with van der Waals surface area (Å²) < 4.78 is 11.3. The van der Waals surface area contributed by atoms with Crippen molar-refractivity contribution >= 4 is 13.3 Å². The van der Waals surface area contributed by atoms with Gasteiger partial charge in [-0.05, 0) is 27.3 Å². The molecule has 2 nitrogen and oxygen atoms in total. The van der Waals surface area contributed by atoms with Gasteiger partial charge in [0.15, 0.2) is 0 Å². The molecule has 16 heavy (non-hydrogen) atoms. The van der Waals surface area contributed by atoms with Gasteiger partial charge in [-0.25, -0.2) is 0 Å². The molecule has 0 saturated carbocycles. The first-order chi connectivity index (χ1) is 7.77. The number of rotatable bonds is 1. The summed E-state index contributed by atoms with van der Waals surface area (Å²) in [5.74, 6) is 0. The van der Waals surface area contributed by atoms with Crippen LogP contribution in [0.25, 0.3) is 11.1 Å². The van der Waals surface area contributed by atoms with Crippen molar-refractivity contribution in [2.75, 3.05) is 0 Å². The molecule has 2 aromatic carbocycles. The fraction of sp³-hybridized carbons (Fsp3) is 0.0769. The topological polar surface area (TPSA) is 37.3 Å². The third kappa shape index (κ3) is 1.31. The molecule has 1 aliphatic carbocycles. The SMILES string of the molecule is O=[P+](O)c1cccc2c1Cc1ccccc1-2. The summed E-state index contributed by atoms with van der Waals surface area (Å²) in [5.41, 5.74) is 4.54. The van der Waals surface area contributed by atoms with Gasteiger partial charge < -0.3 is 0 Å². The number of fused-ring (bicyclic) bond motifs is 3. The summed E-state index contributed by atoms with van der Waals surface area (Å²) in [5, 5.41) is 0.573. The van der Waals surface area contributed by atoms with Crippen molar-refractivity contribution in [1.82, 2.24) is 0 Å². The standard InChI is InChI=1S/C13H9O2P/c14-16(15)13-7-3-6-11-10-5-2-1-4-9(10)8-12(11)13/h1-7H,8H2/p+1. The van der Waals surface area contributed by atoms with Gasteiger partial charge in [-0.1, -0.05) is 36.4 Å². The van der Waals surface area contributed by atoms with E-state index in [9.17, 15) is 9.46 Å². The number of hydrogen-bond acceptors (Lipinski definition) is 1. The zero-order valence-corrected chi connectivity index (χ0v) is 9.45. The summed E-state index contributed by atoms with van der Waals surface area (Å²) in [6.07, 6.45) is 0.767. The molecule has 3 rings (SSSR count). The van der Waals surface area contributed by atoms with Crippen LogP contribution in [0.2, 0.25) is 0 Å². The lowest BCUT2D eigenvalue weighted by Gasteiger charge is -1.98. The Morgan fingerprint density at radius 2 is 1.75 bits per heavy atom. The maximum Gasteiger partial charge on any atom is 0.546 e. The molecule has 0 bridgehead atoms. The molecule has 1 atom stereocenters. The third-order valence-corrected chi connectivity index (χ3v) is 3.86. The van der Waals surface area contributed by atoms with E-state index >= 15 is 0 Å². The minimum atomic E-state index is -2.25. The Morgan fingerprint density at radius 3 is 2.56 bits per heavy atom. The van der Waals surface area contributed by atoms with E-state index in [0.29, 0.717) is 5.30 Å². The first-order valence-electron chi connectivity index (χ1n) is 5.13. The molecule has 0 saturated heterocycles. The van der Waals surface area contributed by atoms with Crippen molar-refractivity contribution in [3.05, 3.63) is 53.6 Å². The van der Waals surface area contributed by atoms with E-state index in [1.165, 1.54) is 11.1 Å². The largest absolute Gasteiger partial charge is 0.546 e. The second-order valence-electron chi connectivity index (χ2n) is 3.91. The van der Waals surface area contributed by atoms with Gasteiger partial charge in [0.2, 0.25) is 5.30 Å². The fourth-order valence-electron chi connectivity index (χ4n) is 2.32. The molecule has 0 amide bonds. The summed E-state index contributed by atoms with van der Waals surface area (Å²) in [6.45, 7) is 0. The molecule has 2 aromatic rings. The van der Waals surface area contributed by atoms with Crippen molar-refractivity contribution in [2.45, 2.75) is 6.42 Å². The Hall–Kier alpha value is -1.50. The first kappa shape index (κ1) is 9.71. The van der Waals surface area contributed by atoms with Crippen LogP contribution in [0.4, 0.5) is 0 Å². The van der Waals surface area contributed by atoms with Crippen LogP contribution in [0.5, 0.6) is 0 Å². The molecule has 0 spiro atoms. The van der Waals surface area contributed by atoms with Gasteiger partial charge in [-0.15, -0.1) is 0 Å². The smallest absolute Gasteiger partial charge is 0.156 e. The van der Waals surface area contributed by atoms with Gasteiger partial charge >= 0.3 is 8.03 Å². The van der Waals surface area contributed by atoms with Crippen molar-refractivity contribution < 1.29 is 9.46 Å². The molecule has 0 heterocycles. The average Bonchev–Trinajstić information content (AvgIpc) is 2.67. The molecule has 1 aliphatic rings. The number of hydrogen-bond donors (Lipinski definition) is 1. The average molecular weight is 229 g/mol. The molecule has 1 N–H and O–H groups in total. The zero-order valence-electron chi connectivity index (χ0n) is 8.55. The van der Waals surface area contributed by atoms with Crippen LogP contribution in [0.1, 0.15) is 11.1 Å². The highest BCUT2D eigenvalue weighted by molar-refractivity contribution is 7.47. The molecule has 78 valence electrons. The van der Waals surface area contributed by atoms with Gasteiger partial charge in [-0.3, -0.25) is 0 Å². The fourth-order valence-corrected chi connectivity index (χ4v) is 2.96. The highest BCUT2D eigenvalue weighted by Gasteiger charge is 2.28. The van der Waals surface area contributed by atoms with E-state index in [-0.39, 0.29) is 0 Å². The molecular formula is C13H10O2P+. The Bertz CT molecular complexity index is 590. The van der Waals surface area contributed by atoms with Gasteiger partial charge in [-0.2, -0.15) is 4.89 Å². The molecule has 0 radical (unpaired) electrons. The van der Waals surface area contributed by atoms with E-state index in [0.717, 1.165) is 17.5 Å². The predicted molar refractivity (Wildman–Crippen MR) is 64.1 cm³/mol. The molecule has 1 unspecified atom stereocenters. The molecule has 3 heteroatoms. The Morgan fingerprint density at radius 1 is 1.00 bits per heavy atom. The van der Waals surface area contributed by atoms with Gasteiger partial charge in [0.25, 0.3) is 0 Å². The first-order valence-corrected chi connectivity index (χ1v) is 6.35. The summed E-state index contributed by atoms with van der Waals surface area (Å²) in [7, 11) is -2.25. The van der Waals surface area contributed by atoms with E-state index < -0.39 is 8.03 Å². The summed E-state index contributed by atoms with van der Waals surface area (Å²) in [4.78, 5) is 9.28. The summed E-state index contributed by atoms with van der Waals surface area (Å²) >= 11 is 0. The minimum Gasteiger partial charge on any atom is -0.156 e. The van der Waals surface area contributed by atoms with Crippen molar-refractivity contribution in [3.63, 3.8) is 0 Å². The van der Waals surface area contributed by atoms with E-state index in [2.05, 4.69) is 12.1 Å². The van der Waals surface area contributed by atoms with Gasteiger partial charge in [0.1, 0.15) is 0 Å². The zero-order chi connectivity index (χ0) is 11.1. The Kier molecular flexibility index (Phi) is 2.13. The van der Waals surface area contributed by atoms with E-state index in [4.69, 9.17) is 0 Å². The van der Waals surface area contributed by atoms with Crippen LogP contribution >= 0.6 is 8.03 Å². The highest BCUT2D eigenvalue weighted by atomic mass is 31.1. The minimum absolute atomic E-state index is 0.573. The van der Waals surface area contributed by atoms with E-state index in [1.54, 1.807) is 6.07 Å². The Balaban J connectivity index is 2.28. The predicted octanol–water partition coefficient (Wildman–Crippen LogP) is 2.62. The van der Waals surface area contributed by atoms with Crippen LogP contribution in [0.3, 0.4) is 0 Å². The normalized spacial score (nSPS) is 13.2. The van der Waals surface area contributed by atoms with Crippen LogP contribution < -0.4 is 5.30 Å². The highest BCUT2D eigenvalue weighted by Crippen LogP contribution is 2.37. The second-order valence-corrected chi connectivity index (χ2v) is 4.94. The second kappa shape index (κ2) is 3.51. The summed E-state index contributed by atoms with van der Waals surface area (Å²) in [6, 6.07) is 13.7. The van der Waals surface area contributed by atoms with Crippen LogP contribution in [-0.4, -0.2) is 4.89 Å². The molecule has 0 aromatic heterocycles. The lowest BCUT2D eigenvalue weighted by Crippen LogP contribution is -2.03. The molecule has 0 aliphatic heterocycles. The third-order valence-electron chi connectivity index (χ3n) is 3.03. The maximum absolute atomic E-state index is 11.3. The van der Waals surface area contributed by atoms with Crippen LogP contribution in [-0.2, 0) is 11.0 Å². The van der Waals surface area contributed by atoms with E-state index in [1.807, 2.05) is 24.3 Å². The van der Waals surface area contributed by atoms with Crippen LogP contribution in [0.15, 0.2) is 42.5 Å². The van der Waals surface area contributed by atoms with Gasteiger partial charge in [0.05, 0.1) is 0 Å². The van der Waals surface area contributed by atoms with Crippen molar-refractivity contribution in [2.24, 2.45) is 0 Å². The lowest BCUT2D eigenvalue weighted by molar-refractivity contribution is 0.513. The van der Waals surface area contributed by atoms with Crippen molar-refractivity contribution in [1.29, 1.82) is 0 Å². The molecular weight excluding hydrogens is 219 g/mol. The maximum atomic E-state index is 11.3.